The number of rotatable bonds is 6. The lowest BCUT2D eigenvalue weighted by Crippen LogP contribution is -2.41. The Morgan fingerprint density at radius 1 is 1.26 bits per heavy atom. The summed E-state index contributed by atoms with van der Waals surface area (Å²) in [5, 5.41) is 6.87. The van der Waals surface area contributed by atoms with E-state index in [9.17, 15) is 22.9 Å². The number of amides is 1. The molecular formula is C23H28F3N5O3P+. The number of methoxy groups -OCH3 is 1. The number of hydrogen-bond donors (Lipinski definition) is 4. The van der Waals surface area contributed by atoms with Crippen molar-refractivity contribution in [3.05, 3.63) is 36.0 Å². The van der Waals surface area contributed by atoms with Gasteiger partial charge in [0, 0.05) is 37.5 Å². The topological polar surface area (TPSA) is 103 Å². The zero-order valence-electron chi connectivity index (χ0n) is 19.7. The van der Waals surface area contributed by atoms with Gasteiger partial charge in [-0.25, -0.2) is 9.88 Å². The standard InChI is InChI=1S/C23H28F3N5O3P/c1-4-27-18-12-20(30-22-21(18)16(13-28-22)23(24,25)26)29-17-6-5-15(11-19(17)34-3)35(33)9-7-31(8-10-35)14(2)32/h5-6,11-13,33H,4,7-10H2,1-3H3,(H3,27,28,29,30)/q+1. The van der Waals surface area contributed by atoms with E-state index < -0.39 is 19.2 Å². The van der Waals surface area contributed by atoms with E-state index >= 15 is 0 Å². The largest absolute Gasteiger partial charge is 0.494 e. The number of carbonyl (C=O) groups excluding carboxylic acids is 1. The van der Waals surface area contributed by atoms with Crippen LogP contribution in [0.1, 0.15) is 19.4 Å². The van der Waals surface area contributed by atoms with Crippen LogP contribution in [-0.4, -0.2) is 64.7 Å². The van der Waals surface area contributed by atoms with E-state index in [-0.39, 0.29) is 16.9 Å². The Balaban J connectivity index is 1.64. The van der Waals surface area contributed by atoms with Gasteiger partial charge < -0.3 is 25.3 Å². The maximum atomic E-state index is 13.5. The van der Waals surface area contributed by atoms with E-state index in [1.807, 2.05) is 6.07 Å². The first-order valence-corrected chi connectivity index (χ1v) is 13.3. The number of H-pyrrole nitrogens is 1. The summed E-state index contributed by atoms with van der Waals surface area (Å²) in [6.45, 7) is 4.78. The lowest BCUT2D eigenvalue weighted by molar-refractivity contribution is -0.136. The van der Waals surface area contributed by atoms with E-state index in [2.05, 4.69) is 20.6 Å². The number of halogens is 3. The molecule has 1 saturated heterocycles. The average Bonchev–Trinajstić information content (AvgIpc) is 3.25. The summed E-state index contributed by atoms with van der Waals surface area (Å²) in [6, 6.07) is 6.89. The highest BCUT2D eigenvalue weighted by atomic mass is 31.2. The number of hydrogen-bond acceptors (Lipinski definition) is 6. The van der Waals surface area contributed by atoms with Crippen molar-refractivity contribution in [1.29, 1.82) is 0 Å². The molecule has 0 saturated carbocycles. The maximum Gasteiger partial charge on any atom is 0.418 e. The van der Waals surface area contributed by atoms with Gasteiger partial charge in [0.05, 0.1) is 36.8 Å². The number of anilines is 3. The minimum absolute atomic E-state index is 0.000740. The first-order chi connectivity index (χ1) is 16.6. The molecule has 0 aliphatic carbocycles. The second kappa shape index (κ2) is 9.54. The van der Waals surface area contributed by atoms with Gasteiger partial charge in [0.15, 0.2) is 7.49 Å². The van der Waals surface area contributed by atoms with Crippen LogP contribution in [0.15, 0.2) is 30.5 Å². The van der Waals surface area contributed by atoms with E-state index in [1.165, 1.54) is 20.1 Å². The van der Waals surface area contributed by atoms with Crippen molar-refractivity contribution in [3.8, 4) is 5.75 Å². The van der Waals surface area contributed by atoms with Crippen molar-refractivity contribution in [1.82, 2.24) is 14.9 Å². The monoisotopic (exact) mass is 510 g/mol. The van der Waals surface area contributed by atoms with Crippen molar-refractivity contribution < 1.29 is 27.6 Å². The zero-order valence-corrected chi connectivity index (χ0v) is 20.6. The normalized spacial score (nSPS) is 15.8. The van der Waals surface area contributed by atoms with Gasteiger partial charge in [-0.05, 0) is 19.1 Å². The summed E-state index contributed by atoms with van der Waals surface area (Å²) >= 11 is 0. The highest BCUT2D eigenvalue weighted by Gasteiger charge is 2.43. The molecule has 2 aromatic heterocycles. The number of fused-ring (bicyclic) bond motifs is 1. The average molecular weight is 510 g/mol. The first-order valence-electron chi connectivity index (χ1n) is 11.2. The van der Waals surface area contributed by atoms with Crippen LogP contribution in [0.4, 0.5) is 30.4 Å². The summed E-state index contributed by atoms with van der Waals surface area (Å²) in [7, 11) is -0.930. The molecule has 1 aliphatic heterocycles. The Kier molecular flexibility index (Phi) is 6.83. The van der Waals surface area contributed by atoms with Crippen molar-refractivity contribution in [3.63, 3.8) is 0 Å². The number of ether oxygens (including phenoxy) is 1. The van der Waals surface area contributed by atoms with Crippen LogP contribution in [0.5, 0.6) is 5.75 Å². The van der Waals surface area contributed by atoms with Crippen LogP contribution in [0.2, 0.25) is 0 Å². The second-order valence-corrected chi connectivity index (χ2v) is 11.7. The van der Waals surface area contributed by atoms with Gasteiger partial charge >= 0.3 is 6.18 Å². The SMILES string of the molecule is CCNc1cc(Nc2ccc([P+]3(O)CCN(C(C)=O)CC3)cc2OC)nc2[nH]cc(C(F)(F)F)c12. The van der Waals surface area contributed by atoms with Crippen LogP contribution >= 0.6 is 7.49 Å². The molecule has 0 unspecified atom stereocenters. The van der Waals surface area contributed by atoms with Gasteiger partial charge in [-0.1, -0.05) is 0 Å². The maximum absolute atomic E-state index is 13.5. The Labute approximate surface area is 201 Å². The fourth-order valence-corrected chi connectivity index (χ4v) is 6.90. The summed E-state index contributed by atoms with van der Waals surface area (Å²) in [6.07, 6.45) is -2.57. The predicted octanol–water partition coefficient (Wildman–Crippen LogP) is 4.18. The lowest BCUT2D eigenvalue weighted by atomic mass is 10.1. The van der Waals surface area contributed by atoms with Gasteiger partial charge in [0.2, 0.25) is 5.91 Å². The molecule has 1 aliphatic rings. The molecule has 1 fully saturated rings. The van der Waals surface area contributed by atoms with Crippen LogP contribution in [0.3, 0.4) is 0 Å². The van der Waals surface area contributed by atoms with E-state index in [0.29, 0.717) is 54.9 Å². The number of aromatic nitrogens is 2. The van der Waals surface area contributed by atoms with Crippen LogP contribution in [-0.2, 0) is 11.0 Å². The smallest absolute Gasteiger partial charge is 0.418 e. The molecule has 4 N–H and O–H groups in total. The van der Waals surface area contributed by atoms with Crippen molar-refractivity contribution >= 4 is 46.9 Å². The van der Waals surface area contributed by atoms with E-state index in [4.69, 9.17) is 4.74 Å². The van der Waals surface area contributed by atoms with Crippen LogP contribution in [0, 0.1) is 0 Å². The molecule has 4 rings (SSSR count). The third-order valence-electron chi connectivity index (χ3n) is 6.17. The zero-order chi connectivity index (χ0) is 25.4. The number of benzene rings is 1. The van der Waals surface area contributed by atoms with Crippen molar-refractivity contribution in [2.45, 2.75) is 20.0 Å². The Morgan fingerprint density at radius 3 is 2.57 bits per heavy atom. The number of nitrogens with one attached hydrogen (secondary N) is 3. The molecular weight excluding hydrogens is 482 g/mol. The third kappa shape index (κ3) is 5.01. The van der Waals surface area contributed by atoms with Gasteiger partial charge in [-0.3, -0.25) is 4.79 Å². The van der Waals surface area contributed by atoms with Gasteiger partial charge in [0.1, 0.15) is 34.8 Å². The molecule has 188 valence electrons. The van der Waals surface area contributed by atoms with E-state index in [0.717, 1.165) is 11.5 Å². The van der Waals surface area contributed by atoms with Crippen molar-refractivity contribution in [2.75, 3.05) is 49.7 Å². The molecule has 0 spiro atoms. The summed E-state index contributed by atoms with van der Waals surface area (Å²) in [5.41, 5.74) is 0.188. The highest BCUT2D eigenvalue weighted by Crippen LogP contribution is 2.55. The molecule has 0 bridgehead atoms. The Morgan fingerprint density at radius 2 is 1.97 bits per heavy atom. The molecule has 35 heavy (non-hydrogen) atoms. The summed E-state index contributed by atoms with van der Waals surface area (Å²) < 4.78 is 45.9. The molecule has 0 radical (unpaired) electrons. The Hall–Kier alpha value is -3.04. The lowest BCUT2D eigenvalue weighted by Gasteiger charge is -2.31. The molecule has 3 heterocycles. The minimum Gasteiger partial charge on any atom is -0.494 e. The number of aromatic amines is 1. The first kappa shape index (κ1) is 25.1. The summed E-state index contributed by atoms with van der Waals surface area (Å²) in [5.74, 6) is 0.803. The van der Waals surface area contributed by atoms with Crippen LogP contribution in [0.25, 0.3) is 11.0 Å². The minimum atomic E-state index is -4.51. The number of nitrogens with zero attached hydrogens (tertiary/aromatic N) is 2. The molecule has 8 nitrogen and oxygen atoms in total. The molecule has 1 aromatic carbocycles. The van der Waals surface area contributed by atoms with Crippen molar-refractivity contribution in [2.24, 2.45) is 0 Å². The highest BCUT2D eigenvalue weighted by molar-refractivity contribution is 7.77. The number of carbonyl (C=O) groups is 1. The fraction of sp³-hybridized carbons (Fsp3) is 0.391. The molecule has 3 aromatic rings. The number of alkyl halides is 3. The fourth-order valence-electron chi connectivity index (χ4n) is 4.30. The summed E-state index contributed by atoms with van der Waals surface area (Å²) in [4.78, 5) is 31.6. The molecule has 12 heteroatoms. The second-order valence-electron chi connectivity index (χ2n) is 8.39. The molecule has 0 atom stereocenters. The predicted molar refractivity (Wildman–Crippen MR) is 132 cm³/mol. The quantitative estimate of drug-likeness (QED) is 0.371. The van der Waals surface area contributed by atoms with E-state index in [1.54, 1.807) is 24.0 Å². The molecule has 1 amide bonds. The Bertz CT molecular complexity index is 1240. The third-order valence-corrected chi connectivity index (χ3v) is 9.29. The van der Waals surface area contributed by atoms with Gasteiger partial charge in [-0.15, -0.1) is 0 Å². The van der Waals surface area contributed by atoms with Crippen LogP contribution < -0.4 is 20.7 Å². The van der Waals surface area contributed by atoms with Gasteiger partial charge in [0.25, 0.3) is 0 Å². The van der Waals surface area contributed by atoms with Gasteiger partial charge in [-0.2, -0.15) is 13.2 Å². The number of pyridine rings is 1.